The van der Waals surface area contributed by atoms with Gasteiger partial charge < -0.3 is 0 Å². The van der Waals surface area contributed by atoms with Gasteiger partial charge in [0, 0.05) is 12.4 Å². The first-order chi connectivity index (χ1) is 9.99. The molecule has 0 fully saturated rings. The van der Waals surface area contributed by atoms with Crippen LogP contribution in [-0.4, -0.2) is 6.21 Å². The lowest BCUT2D eigenvalue weighted by atomic mass is 9.89. The van der Waals surface area contributed by atoms with E-state index in [1.165, 1.54) is 5.57 Å². The van der Waals surface area contributed by atoms with Gasteiger partial charge in [-0.05, 0) is 67.7 Å². The standard InChI is InChI=1S/C19H28FN/c1-6-15(4)17(13-21-7-2)10-9-16(5)18-11-8-14(3)12-19(18)20/h7-8,11-13,15-16H,6,9-10H2,1-5H3/b17-13-,21-7?. The van der Waals surface area contributed by atoms with Crippen molar-refractivity contribution in [1.29, 1.82) is 0 Å². The van der Waals surface area contributed by atoms with E-state index in [-0.39, 0.29) is 11.7 Å². The minimum absolute atomic E-state index is 0.0804. The zero-order valence-electron chi connectivity index (χ0n) is 14.0. The molecule has 0 spiro atoms. The summed E-state index contributed by atoms with van der Waals surface area (Å²) in [5, 5.41) is 0. The predicted octanol–water partition coefficient (Wildman–Crippen LogP) is 6.04. The fourth-order valence-electron chi connectivity index (χ4n) is 2.44. The van der Waals surface area contributed by atoms with Crippen molar-refractivity contribution in [2.24, 2.45) is 10.9 Å². The SMILES string of the molecule is CC=N/C=C(/CCC(C)c1ccc(C)cc1F)C(C)CC. The van der Waals surface area contributed by atoms with Crippen LogP contribution in [0.25, 0.3) is 0 Å². The van der Waals surface area contributed by atoms with Gasteiger partial charge in [-0.15, -0.1) is 0 Å². The molecule has 0 aliphatic rings. The Balaban J connectivity index is 2.75. The molecule has 0 saturated heterocycles. The maximum atomic E-state index is 14.0. The molecule has 1 aromatic carbocycles. The molecule has 0 saturated carbocycles. The van der Waals surface area contributed by atoms with Gasteiger partial charge in [0.2, 0.25) is 0 Å². The zero-order valence-corrected chi connectivity index (χ0v) is 14.0. The highest BCUT2D eigenvalue weighted by Gasteiger charge is 2.13. The highest BCUT2D eigenvalue weighted by atomic mass is 19.1. The van der Waals surface area contributed by atoms with E-state index < -0.39 is 0 Å². The van der Waals surface area contributed by atoms with Gasteiger partial charge in [-0.2, -0.15) is 0 Å². The van der Waals surface area contributed by atoms with Crippen LogP contribution in [0.4, 0.5) is 4.39 Å². The summed E-state index contributed by atoms with van der Waals surface area (Å²) < 4.78 is 14.0. The van der Waals surface area contributed by atoms with Crippen LogP contribution in [0.15, 0.2) is 35.0 Å². The summed E-state index contributed by atoms with van der Waals surface area (Å²) in [7, 11) is 0. The summed E-state index contributed by atoms with van der Waals surface area (Å²) in [6.07, 6.45) is 6.83. The van der Waals surface area contributed by atoms with E-state index in [2.05, 4.69) is 25.8 Å². The molecular formula is C19H28FN. The highest BCUT2D eigenvalue weighted by Crippen LogP contribution is 2.28. The molecule has 0 aliphatic heterocycles. The van der Waals surface area contributed by atoms with Gasteiger partial charge in [0.1, 0.15) is 5.82 Å². The van der Waals surface area contributed by atoms with Crippen LogP contribution in [0.5, 0.6) is 0 Å². The molecule has 2 atom stereocenters. The van der Waals surface area contributed by atoms with Crippen LogP contribution >= 0.6 is 0 Å². The van der Waals surface area contributed by atoms with E-state index in [9.17, 15) is 4.39 Å². The number of halogens is 1. The van der Waals surface area contributed by atoms with Gasteiger partial charge in [-0.3, -0.25) is 4.99 Å². The minimum atomic E-state index is -0.0804. The normalized spacial score (nSPS) is 15.4. The largest absolute Gasteiger partial charge is 0.269 e. The van der Waals surface area contributed by atoms with Gasteiger partial charge in [-0.25, -0.2) is 4.39 Å². The van der Waals surface area contributed by atoms with Crippen LogP contribution in [0.1, 0.15) is 64.0 Å². The Labute approximate surface area is 129 Å². The topological polar surface area (TPSA) is 12.4 Å². The van der Waals surface area contributed by atoms with Crippen molar-refractivity contribution in [3.63, 3.8) is 0 Å². The summed E-state index contributed by atoms with van der Waals surface area (Å²) in [6.45, 7) is 10.4. The molecular weight excluding hydrogens is 261 g/mol. The fourth-order valence-corrected chi connectivity index (χ4v) is 2.44. The van der Waals surface area contributed by atoms with E-state index in [1.54, 1.807) is 6.07 Å². The third-order valence-corrected chi connectivity index (χ3v) is 4.19. The van der Waals surface area contributed by atoms with Crippen molar-refractivity contribution in [2.45, 2.75) is 59.8 Å². The quantitative estimate of drug-likeness (QED) is 0.543. The monoisotopic (exact) mass is 289 g/mol. The van der Waals surface area contributed by atoms with Crippen molar-refractivity contribution >= 4 is 6.21 Å². The molecule has 2 heteroatoms. The van der Waals surface area contributed by atoms with Crippen LogP contribution < -0.4 is 0 Å². The van der Waals surface area contributed by atoms with Crippen molar-refractivity contribution in [3.05, 3.63) is 46.9 Å². The second kappa shape index (κ2) is 8.76. The average molecular weight is 289 g/mol. The third-order valence-electron chi connectivity index (χ3n) is 4.19. The molecule has 21 heavy (non-hydrogen) atoms. The Morgan fingerprint density at radius 2 is 2.05 bits per heavy atom. The minimum Gasteiger partial charge on any atom is -0.269 e. The van der Waals surface area contributed by atoms with Crippen LogP contribution in [0.3, 0.4) is 0 Å². The van der Waals surface area contributed by atoms with Crippen LogP contribution in [0, 0.1) is 18.7 Å². The number of hydrogen-bond acceptors (Lipinski definition) is 1. The Kier molecular flexibility index (Phi) is 7.35. The van der Waals surface area contributed by atoms with E-state index in [4.69, 9.17) is 0 Å². The second-order valence-electron chi connectivity index (χ2n) is 5.89. The second-order valence-corrected chi connectivity index (χ2v) is 5.89. The highest BCUT2D eigenvalue weighted by molar-refractivity contribution is 5.54. The summed E-state index contributed by atoms with van der Waals surface area (Å²) in [5.74, 6) is 0.676. The Morgan fingerprint density at radius 1 is 1.33 bits per heavy atom. The molecule has 0 aromatic heterocycles. The molecule has 1 aromatic rings. The maximum absolute atomic E-state index is 14.0. The summed E-state index contributed by atoms with van der Waals surface area (Å²) in [5.41, 5.74) is 3.15. The number of allylic oxidation sites excluding steroid dienone is 1. The van der Waals surface area contributed by atoms with Crippen LogP contribution in [0.2, 0.25) is 0 Å². The zero-order chi connectivity index (χ0) is 15.8. The lowest BCUT2D eigenvalue weighted by Gasteiger charge is -2.17. The molecule has 0 heterocycles. The number of aryl methyl sites for hydroxylation is 1. The van der Waals surface area contributed by atoms with Crippen molar-refractivity contribution in [2.75, 3.05) is 0 Å². The molecule has 0 N–H and O–H groups in total. The molecule has 1 rings (SSSR count). The molecule has 0 aliphatic carbocycles. The number of benzene rings is 1. The fraction of sp³-hybridized carbons (Fsp3) is 0.526. The predicted molar refractivity (Wildman–Crippen MR) is 90.5 cm³/mol. The van der Waals surface area contributed by atoms with Gasteiger partial charge in [0.25, 0.3) is 0 Å². The third kappa shape index (κ3) is 5.45. The summed E-state index contributed by atoms with van der Waals surface area (Å²) in [4.78, 5) is 4.26. The van der Waals surface area contributed by atoms with Gasteiger partial charge >= 0.3 is 0 Å². The molecule has 2 unspecified atom stereocenters. The number of nitrogens with zero attached hydrogens (tertiary/aromatic N) is 1. The lowest BCUT2D eigenvalue weighted by Crippen LogP contribution is -2.03. The number of rotatable bonds is 7. The van der Waals surface area contributed by atoms with Gasteiger partial charge in [-0.1, -0.05) is 32.9 Å². The average Bonchev–Trinajstić information content (AvgIpc) is 2.46. The van der Waals surface area contributed by atoms with E-state index in [0.717, 1.165) is 30.4 Å². The smallest absolute Gasteiger partial charge is 0.126 e. The summed E-state index contributed by atoms with van der Waals surface area (Å²) in [6, 6.07) is 5.53. The first kappa shape index (κ1) is 17.6. The van der Waals surface area contributed by atoms with Gasteiger partial charge in [0.05, 0.1) is 0 Å². The molecule has 1 nitrogen and oxygen atoms in total. The lowest BCUT2D eigenvalue weighted by molar-refractivity contribution is 0.551. The Bertz CT molecular complexity index is 502. The molecule has 0 amide bonds. The van der Waals surface area contributed by atoms with E-state index in [0.29, 0.717) is 5.92 Å². The number of aliphatic imine (C=N–C) groups is 1. The molecule has 0 radical (unpaired) electrons. The maximum Gasteiger partial charge on any atom is 0.126 e. The number of hydrogen-bond donors (Lipinski definition) is 0. The van der Waals surface area contributed by atoms with Gasteiger partial charge in [0.15, 0.2) is 0 Å². The summed E-state index contributed by atoms with van der Waals surface area (Å²) >= 11 is 0. The van der Waals surface area contributed by atoms with Crippen molar-refractivity contribution < 1.29 is 4.39 Å². The van der Waals surface area contributed by atoms with Crippen LogP contribution in [-0.2, 0) is 0 Å². The van der Waals surface area contributed by atoms with Crippen molar-refractivity contribution in [3.8, 4) is 0 Å². The van der Waals surface area contributed by atoms with Crippen molar-refractivity contribution in [1.82, 2.24) is 0 Å². The Hall–Kier alpha value is -1.44. The Morgan fingerprint density at radius 3 is 2.62 bits per heavy atom. The first-order valence-electron chi connectivity index (χ1n) is 7.92. The van der Waals surface area contributed by atoms with E-state index in [1.807, 2.05) is 38.4 Å². The first-order valence-corrected chi connectivity index (χ1v) is 7.92. The molecule has 0 bridgehead atoms. The molecule has 116 valence electrons. The van der Waals surface area contributed by atoms with E-state index >= 15 is 0 Å².